The number of nitrogens with zero attached hydrogens (tertiary/aromatic N) is 2. The third-order valence-corrected chi connectivity index (χ3v) is 5.25. The summed E-state index contributed by atoms with van der Waals surface area (Å²) in [5.41, 5.74) is 2.07. The van der Waals surface area contributed by atoms with Gasteiger partial charge in [-0.25, -0.2) is 0 Å². The van der Waals surface area contributed by atoms with Crippen molar-refractivity contribution in [1.82, 2.24) is 15.2 Å². The predicted octanol–water partition coefficient (Wildman–Crippen LogP) is 1.67. The summed E-state index contributed by atoms with van der Waals surface area (Å²) in [4.78, 5) is 19.2. The fourth-order valence-electron chi connectivity index (χ4n) is 3.79. The van der Waals surface area contributed by atoms with Crippen LogP contribution in [0.1, 0.15) is 37.1 Å². The highest BCUT2D eigenvalue weighted by molar-refractivity contribution is 5.81. The fraction of sp³-hybridized carbons (Fsp3) is 0.684. The maximum Gasteiger partial charge on any atom is 0.249 e. The molecule has 2 aliphatic heterocycles. The number of rotatable bonds is 6. The normalized spacial score (nSPS) is 23.0. The first-order chi connectivity index (χ1) is 12.1. The summed E-state index contributed by atoms with van der Waals surface area (Å²) in [6.07, 6.45) is 3.47. The number of methoxy groups -OCH3 is 1. The van der Waals surface area contributed by atoms with Gasteiger partial charge in [-0.1, -0.05) is 6.07 Å². The average molecular weight is 347 g/mol. The van der Waals surface area contributed by atoms with Crippen molar-refractivity contribution in [2.45, 2.75) is 50.9 Å². The van der Waals surface area contributed by atoms with E-state index in [0.717, 1.165) is 56.7 Å². The molecule has 2 fully saturated rings. The second-order valence-corrected chi connectivity index (χ2v) is 7.16. The molecule has 0 aromatic carbocycles. The van der Waals surface area contributed by atoms with Crippen LogP contribution in [0.2, 0.25) is 0 Å². The van der Waals surface area contributed by atoms with Crippen LogP contribution in [0.5, 0.6) is 0 Å². The molecule has 1 N–H and O–H groups in total. The first kappa shape index (κ1) is 18.3. The summed E-state index contributed by atoms with van der Waals surface area (Å²) >= 11 is 0. The van der Waals surface area contributed by atoms with Crippen LogP contribution in [-0.4, -0.2) is 60.8 Å². The predicted molar refractivity (Wildman–Crippen MR) is 95.2 cm³/mol. The average Bonchev–Trinajstić information content (AvgIpc) is 3.01. The maximum absolute atomic E-state index is 12.2. The van der Waals surface area contributed by atoms with Gasteiger partial charge in [-0.2, -0.15) is 0 Å². The molecule has 1 spiro atoms. The van der Waals surface area contributed by atoms with Gasteiger partial charge in [0.15, 0.2) is 0 Å². The molecule has 0 saturated carbocycles. The summed E-state index contributed by atoms with van der Waals surface area (Å²) in [7, 11) is 1.63. The van der Waals surface area contributed by atoms with Crippen molar-refractivity contribution in [3.63, 3.8) is 0 Å². The van der Waals surface area contributed by atoms with Gasteiger partial charge < -0.3 is 14.8 Å². The lowest BCUT2D eigenvalue weighted by atomic mass is 9.88. The molecule has 1 aromatic heterocycles. The van der Waals surface area contributed by atoms with Gasteiger partial charge in [-0.15, -0.1) is 0 Å². The Balaban J connectivity index is 1.46. The number of aryl methyl sites for hydroxylation is 1. The van der Waals surface area contributed by atoms with Crippen molar-refractivity contribution in [2.24, 2.45) is 0 Å². The quantitative estimate of drug-likeness (QED) is 0.793. The Morgan fingerprint density at radius 2 is 2.20 bits per heavy atom. The number of nitrogens with one attached hydrogen (secondary N) is 1. The Morgan fingerprint density at radius 1 is 1.40 bits per heavy atom. The number of hydrogen-bond acceptors (Lipinski definition) is 5. The van der Waals surface area contributed by atoms with Gasteiger partial charge in [0.05, 0.1) is 17.9 Å². The Bertz CT molecular complexity index is 585. The van der Waals surface area contributed by atoms with Gasteiger partial charge in [0.2, 0.25) is 5.91 Å². The molecule has 2 aliphatic rings. The van der Waals surface area contributed by atoms with E-state index in [4.69, 9.17) is 9.47 Å². The van der Waals surface area contributed by atoms with Crippen molar-refractivity contribution in [1.29, 1.82) is 0 Å². The van der Waals surface area contributed by atoms with E-state index in [1.807, 2.05) is 13.0 Å². The SMILES string of the molecule is COCCNC(=O)[C@H]1CCC2(CCN(Cc3cccc(C)n3)CC2)O1. The smallest absolute Gasteiger partial charge is 0.249 e. The molecule has 6 heteroatoms. The molecule has 6 nitrogen and oxygen atoms in total. The second-order valence-electron chi connectivity index (χ2n) is 7.16. The third kappa shape index (κ3) is 4.77. The van der Waals surface area contributed by atoms with E-state index in [1.165, 1.54) is 0 Å². The van der Waals surface area contributed by atoms with E-state index >= 15 is 0 Å². The largest absolute Gasteiger partial charge is 0.383 e. The Kier molecular flexibility index (Phi) is 6.04. The molecule has 3 heterocycles. The molecule has 2 saturated heterocycles. The molecule has 0 unspecified atom stereocenters. The number of aromatic nitrogens is 1. The van der Waals surface area contributed by atoms with Crippen LogP contribution in [0.4, 0.5) is 0 Å². The zero-order valence-electron chi connectivity index (χ0n) is 15.3. The van der Waals surface area contributed by atoms with E-state index in [1.54, 1.807) is 7.11 Å². The summed E-state index contributed by atoms with van der Waals surface area (Å²) < 4.78 is 11.2. The zero-order valence-corrected chi connectivity index (χ0v) is 15.3. The minimum atomic E-state index is -0.304. The van der Waals surface area contributed by atoms with Crippen LogP contribution >= 0.6 is 0 Å². The van der Waals surface area contributed by atoms with Crippen LogP contribution in [0.3, 0.4) is 0 Å². The highest BCUT2D eigenvalue weighted by Crippen LogP contribution is 2.39. The van der Waals surface area contributed by atoms with Gasteiger partial charge in [0.1, 0.15) is 6.10 Å². The highest BCUT2D eigenvalue weighted by Gasteiger charge is 2.44. The number of likely N-dealkylation sites (tertiary alicyclic amines) is 1. The standard InChI is InChI=1S/C19H29N3O3/c1-15-4-3-5-16(21-15)14-22-11-8-19(9-12-22)7-6-17(25-19)18(23)20-10-13-24-2/h3-5,17H,6-14H2,1-2H3,(H,20,23)/t17-/m1/s1. The minimum absolute atomic E-state index is 0.000292. The molecule has 0 aliphatic carbocycles. The van der Waals surface area contributed by atoms with E-state index in [-0.39, 0.29) is 17.6 Å². The van der Waals surface area contributed by atoms with E-state index in [0.29, 0.717) is 13.2 Å². The number of piperidine rings is 1. The molecule has 3 rings (SSSR count). The number of amides is 1. The summed E-state index contributed by atoms with van der Waals surface area (Å²) in [6.45, 7) is 5.98. The Labute approximate surface area is 149 Å². The Hall–Kier alpha value is -1.50. The van der Waals surface area contributed by atoms with Crippen LogP contribution in [-0.2, 0) is 20.8 Å². The molecule has 0 radical (unpaired) electrons. The number of ether oxygens (including phenoxy) is 2. The lowest BCUT2D eigenvalue weighted by Gasteiger charge is -2.39. The van der Waals surface area contributed by atoms with Crippen molar-refractivity contribution in [3.8, 4) is 0 Å². The fourth-order valence-corrected chi connectivity index (χ4v) is 3.79. The van der Waals surface area contributed by atoms with Gasteiger partial charge in [-0.3, -0.25) is 14.7 Å². The summed E-state index contributed by atoms with van der Waals surface area (Å²) in [5.74, 6) is 0.000292. The van der Waals surface area contributed by atoms with Crippen LogP contribution in [0.15, 0.2) is 18.2 Å². The van der Waals surface area contributed by atoms with E-state index in [9.17, 15) is 4.79 Å². The summed E-state index contributed by atoms with van der Waals surface area (Å²) in [6, 6.07) is 6.18. The van der Waals surface area contributed by atoms with Crippen molar-refractivity contribution >= 4 is 5.91 Å². The molecule has 1 atom stereocenters. The molecular weight excluding hydrogens is 318 g/mol. The van der Waals surface area contributed by atoms with E-state index in [2.05, 4.69) is 27.3 Å². The number of hydrogen-bond donors (Lipinski definition) is 1. The Morgan fingerprint density at radius 3 is 2.92 bits per heavy atom. The monoisotopic (exact) mass is 347 g/mol. The van der Waals surface area contributed by atoms with E-state index < -0.39 is 0 Å². The van der Waals surface area contributed by atoms with Crippen LogP contribution in [0, 0.1) is 6.92 Å². The van der Waals surface area contributed by atoms with Gasteiger partial charge >= 0.3 is 0 Å². The second kappa shape index (κ2) is 8.25. The lowest BCUT2D eigenvalue weighted by Crippen LogP contribution is -2.45. The molecule has 1 amide bonds. The number of carbonyl (C=O) groups excluding carboxylic acids is 1. The topological polar surface area (TPSA) is 63.7 Å². The summed E-state index contributed by atoms with van der Waals surface area (Å²) in [5, 5.41) is 2.89. The first-order valence-electron chi connectivity index (χ1n) is 9.20. The number of pyridine rings is 1. The maximum atomic E-state index is 12.2. The molecule has 1 aromatic rings. The third-order valence-electron chi connectivity index (χ3n) is 5.25. The molecular formula is C19H29N3O3. The highest BCUT2D eigenvalue weighted by atomic mass is 16.5. The zero-order chi connectivity index (χ0) is 17.7. The molecule has 25 heavy (non-hydrogen) atoms. The van der Waals surface area contributed by atoms with Gasteiger partial charge in [0, 0.05) is 39.0 Å². The van der Waals surface area contributed by atoms with Crippen molar-refractivity contribution in [3.05, 3.63) is 29.6 Å². The molecule has 138 valence electrons. The lowest BCUT2D eigenvalue weighted by molar-refractivity contribution is -0.141. The van der Waals surface area contributed by atoms with Crippen LogP contribution < -0.4 is 5.32 Å². The molecule has 0 bridgehead atoms. The number of carbonyl (C=O) groups is 1. The van der Waals surface area contributed by atoms with Gasteiger partial charge in [-0.05, 0) is 44.7 Å². The van der Waals surface area contributed by atoms with Gasteiger partial charge in [0.25, 0.3) is 0 Å². The van der Waals surface area contributed by atoms with Crippen molar-refractivity contribution in [2.75, 3.05) is 33.4 Å². The van der Waals surface area contributed by atoms with Crippen molar-refractivity contribution < 1.29 is 14.3 Å². The van der Waals surface area contributed by atoms with Crippen LogP contribution in [0.25, 0.3) is 0 Å². The first-order valence-corrected chi connectivity index (χ1v) is 9.20. The minimum Gasteiger partial charge on any atom is -0.383 e.